The van der Waals surface area contributed by atoms with E-state index in [2.05, 4.69) is 5.10 Å². The van der Waals surface area contributed by atoms with Crippen LogP contribution in [0, 0.1) is 6.92 Å². The Hall–Kier alpha value is -3.28. The fourth-order valence-electron chi connectivity index (χ4n) is 3.49. The molecule has 1 aliphatic rings. The summed E-state index contributed by atoms with van der Waals surface area (Å²) in [6, 6.07) is 17.6. The summed E-state index contributed by atoms with van der Waals surface area (Å²) >= 11 is 0. The molecule has 0 spiro atoms. The first kappa shape index (κ1) is 18.1. The molecule has 0 aliphatic carbocycles. The van der Waals surface area contributed by atoms with Gasteiger partial charge in [-0.05, 0) is 43.2 Å². The van der Waals surface area contributed by atoms with Crippen LogP contribution in [0.2, 0.25) is 0 Å². The van der Waals surface area contributed by atoms with Crippen molar-refractivity contribution in [2.24, 2.45) is 7.05 Å². The van der Waals surface area contributed by atoms with Gasteiger partial charge >= 0.3 is 0 Å². The van der Waals surface area contributed by atoms with Gasteiger partial charge in [0.05, 0.1) is 11.7 Å². The van der Waals surface area contributed by atoms with Gasteiger partial charge in [-0.15, -0.1) is 0 Å². The van der Waals surface area contributed by atoms with Crippen LogP contribution in [0.15, 0.2) is 54.6 Å². The van der Waals surface area contributed by atoms with E-state index in [1.165, 1.54) is 0 Å². The number of amides is 1. The van der Waals surface area contributed by atoms with Crippen LogP contribution in [-0.4, -0.2) is 27.4 Å². The first-order valence-corrected chi connectivity index (χ1v) is 9.28. The zero-order chi connectivity index (χ0) is 19.7. The van der Waals surface area contributed by atoms with Crippen molar-refractivity contribution in [3.63, 3.8) is 0 Å². The lowest BCUT2D eigenvalue weighted by atomic mass is 10.0. The predicted octanol–water partition coefficient (Wildman–Crippen LogP) is 3.86. The van der Waals surface area contributed by atoms with Gasteiger partial charge in [-0.25, -0.2) is 0 Å². The fourth-order valence-corrected chi connectivity index (χ4v) is 3.49. The van der Waals surface area contributed by atoms with Gasteiger partial charge in [-0.3, -0.25) is 9.48 Å². The van der Waals surface area contributed by atoms with Gasteiger partial charge in [0.25, 0.3) is 5.91 Å². The number of carbonyl (C=O) groups excluding carboxylic acids is 1. The maximum atomic E-state index is 13.4. The maximum Gasteiger partial charge on any atom is 0.272 e. The van der Waals surface area contributed by atoms with E-state index in [9.17, 15) is 4.79 Å². The molecular formula is C22H23N3O3. The number of ether oxygens (including phenoxy) is 2. The summed E-state index contributed by atoms with van der Waals surface area (Å²) in [4.78, 5) is 15.3. The summed E-state index contributed by atoms with van der Waals surface area (Å²) in [5.41, 5.74) is 3.46. The molecule has 4 rings (SSSR count). The minimum absolute atomic E-state index is 0.0582. The van der Waals surface area contributed by atoms with Gasteiger partial charge in [-0.2, -0.15) is 5.10 Å². The summed E-state index contributed by atoms with van der Waals surface area (Å²) in [6.45, 7) is 4.62. The van der Waals surface area contributed by atoms with Crippen molar-refractivity contribution in [2.45, 2.75) is 26.4 Å². The number of carbonyl (C=O) groups is 1. The monoisotopic (exact) mass is 377 g/mol. The second-order valence-electron chi connectivity index (χ2n) is 7.00. The van der Waals surface area contributed by atoms with E-state index in [0.29, 0.717) is 18.0 Å². The Morgan fingerprint density at radius 1 is 1.14 bits per heavy atom. The number of hydrogen-bond donors (Lipinski definition) is 0. The molecule has 1 atom stereocenters. The Balaban J connectivity index is 1.68. The lowest BCUT2D eigenvalue weighted by molar-refractivity contribution is 0.0662. The summed E-state index contributed by atoms with van der Waals surface area (Å²) in [7, 11) is 1.80. The van der Waals surface area contributed by atoms with E-state index in [1.807, 2.05) is 73.3 Å². The van der Waals surface area contributed by atoms with Crippen LogP contribution >= 0.6 is 0 Å². The summed E-state index contributed by atoms with van der Waals surface area (Å²) in [5.74, 6) is 1.39. The number of fused-ring (bicyclic) bond motifs is 1. The highest BCUT2D eigenvalue weighted by atomic mass is 16.7. The highest BCUT2D eigenvalue weighted by molar-refractivity contribution is 5.93. The molecule has 0 saturated carbocycles. The van der Waals surface area contributed by atoms with Crippen molar-refractivity contribution >= 4 is 5.91 Å². The second-order valence-corrected chi connectivity index (χ2v) is 7.00. The number of hydrogen-bond acceptors (Lipinski definition) is 4. The molecule has 1 aliphatic heterocycles. The van der Waals surface area contributed by atoms with Gasteiger partial charge in [-0.1, -0.05) is 36.4 Å². The molecule has 6 nitrogen and oxygen atoms in total. The van der Waals surface area contributed by atoms with E-state index in [4.69, 9.17) is 9.47 Å². The second kappa shape index (κ2) is 7.38. The third kappa shape index (κ3) is 3.45. The zero-order valence-electron chi connectivity index (χ0n) is 16.3. The number of rotatable bonds is 5. The first-order chi connectivity index (χ1) is 13.5. The molecule has 0 unspecified atom stereocenters. The van der Waals surface area contributed by atoms with E-state index in [1.54, 1.807) is 11.7 Å². The molecule has 1 aromatic heterocycles. The third-order valence-electron chi connectivity index (χ3n) is 5.02. The molecule has 6 heteroatoms. The minimum Gasteiger partial charge on any atom is -0.454 e. The molecule has 0 bridgehead atoms. The highest BCUT2D eigenvalue weighted by Gasteiger charge is 2.26. The predicted molar refractivity (Wildman–Crippen MR) is 105 cm³/mol. The molecule has 0 N–H and O–H groups in total. The van der Waals surface area contributed by atoms with Crippen LogP contribution in [0.5, 0.6) is 11.5 Å². The molecule has 0 saturated heterocycles. The van der Waals surface area contributed by atoms with Crippen molar-refractivity contribution in [3.8, 4) is 11.5 Å². The minimum atomic E-state index is -0.102. The first-order valence-electron chi connectivity index (χ1n) is 9.28. The Bertz CT molecular complexity index is 998. The smallest absolute Gasteiger partial charge is 0.272 e. The van der Waals surface area contributed by atoms with Crippen molar-refractivity contribution in [1.29, 1.82) is 0 Å². The van der Waals surface area contributed by atoms with Crippen LogP contribution in [0.4, 0.5) is 0 Å². The van der Waals surface area contributed by atoms with Gasteiger partial charge < -0.3 is 14.4 Å². The SMILES string of the molecule is Cc1cc(C(=O)N(Cc2ccc3c(c2)OCO3)[C@H](C)c2ccccc2)n(C)n1. The van der Waals surface area contributed by atoms with E-state index in [0.717, 1.165) is 22.6 Å². The van der Waals surface area contributed by atoms with Crippen molar-refractivity contribution in [3.05, 3.63) is 77.1 Å². The molecule has 3 aromatic rings. The molecule has 0 fully saturated rings. The standard InChI is InChI=1S/C22H23N3O3/c1-15-11-19(24(3)23-15)22(26)25(16(2)18-7-5-4-6-8-18)13-17-9-10-20-21(12-17)28-14-27-20/h4-12,16H,13-14H2,1-3H3/t16-/m1/s1. The van der Waals surface area contributed by atoms with Crippen molar-refractivity contribution in [2.75, 3.05) is 6.79 Å². The normalized spacial score (nSPS) is 13.4. The van der Waals surface area contributed by atoms with Gasteiger partial charge in [0.1, 0.15) is 5.69 Å². The molecule has 2 aromatic carbocycles. The van der Waals surface area contributed by atoms with Crippen LogP contribution in [-0.2, 0) is 13.6 Å². The summed E-state index contributed by atoms with van der Waals surface area (Å²) in [5, 5.41) is 4.33. The molecule has 28 heavy (non-hydrogen) atoms. The quantitative estimate of drug-likeness (QED) is 0.677. The van der Waals surface area contributed by atoms with E-state index < -0.39 is 0 Å². The largest absolute Gasteiger partial charge is 0.454 e. The zero-order valence-corrected chi connectivity index (χ0v) is 16.3. The lowest BCUT2D eigenvalue weighted by Gasteiger charge is -2.30. The number of nitrogens with zero attached hydrogens (tertiary/aromatic N) is 3. The van der Waals surface area contributed by atoms with Crippen molar-refractivity contribution < 1.29 is 14.3 Å². The maximum absolute atomic E-state index is 13.4. The van der Waals surface area contributed by atoms with Crippen LogP contribution in [0.25, 0.3) is 0 Å². The van der Waals surface area contributed by atoms with Crippen LogP contribution in [0.1, 0.15) is 40.3 Å². The number of aromatic nitrogens is 2. The molecule has 144 valence electrons. The summed E-state index contributed by atoms with van der Waals surface area (Å²) < 4.78 is 12.5. The van der Waals surface area contributed by atoms with E-state index in [-0.39, 0.29) is 18.7 Å². The summed E-state index contributed by atoms with van der Waals surface area (Å²) in [6.07, 6.45) is 0. The Morgan fingerprint density at radius 3 is 2.61 bits per heavy atom. The lowest BCUT2D eigenvalue weighted by Crippen LogP contribution is -2.34. The van der Waals surface area contributed by atoms with Crippen LogP contribution in [0.3, 0.4) is 0 Å². The van der Waals surface area contributed by atoms with Crippen molar-refractivity contribution in [1.82, 2.24) is 14.7 Å². The number of benzene rings is 2. The van der Waals surface area contributed by atoms with Gasteiger partial charge in [0, 0.05) is 13.6 Å². The highest BCUT2D eigenvalue weighted by Crippen LogP contribution is 2.34. The Kier molecular flexibility index (Phi) is 4.77. The number of aryl methyl sites for hydroxylation is 2. The molecule has 2 heterocycles. The van der Waals surface area contributed by atoms with Gasteiger partial charge in [0.2, 0.25) is 6.79 Å². The third-order valence-corrected chi connectivity index (χ3v) is 5.02. The Morgan fingerprint density at radius 2 is 1.89 bits per heavy atom. The molecule has 1 amide bonds. The molecule has 0 radical (unpaired) electrons. The average molecular weight is 377 g/mol. The average Bonchev–Trinajstić information content (AvgIpc) is 3.30. The van der Waals surface area contributed by atoms with Gasteiger partial charge in [0.15, 0.2) is 11.5 Å². The Labute approximate surface area is 164 Å². The van der Waals surface area contributed by atoms with E-state index >= 15 is 0 Å². The molecular weight excluding hydrogens is 354 g/mol. The topological polar surface area (TPSA) is 56.6 Å². The fraction of sp³-hybridized carbons (Fsp3) is 0.273. The van der Waals surface area contributed by atoms with Crippen LogP contribution < -0.4 is 9.47 Å².